The van der Waals surface area contributed by atoms with E-state index in [2.05, 4.69) is 32.2 Å². The van der Waals surface area contributed by atoms with Crippen LogP contribution in [0, 0.1) is 5.41 Å². The number of rotatable bonds is 3. The summed E-state index contributed by atoms with van der Waals surface area (Å²) < 4.78 is 0.887. The van der Waals surface area contributed by atoms with Crippen LogP contribution in [-0.4, -0.2) is 6.04 Å². The average molecular weight is 272 g/mol. The highest BCUT2D eigenvalue weighted by Crippen LogP contribution is 2.36. The lowest BCUT2D eigenvalue weighted by Crippen LogP contribution is -2.36. The minimum absolute atomic E-state index is 0.429. The maximum absolute atomic E-state index is 5.98. The van der Waals surface area contributed by atoms with E-state index in [4.69, 9.17) is 11.6 Å². The normalized spacial score (nSPS) is 22.6. The molecule has 1 aromatic rings. The Hall–Kier alpha value is -0.0500. The van der Waals surface area contributed by atoms with Crippen LogP contribution in [0.3, 0.4) is 0 Å². The third-order valence-electron chi connectivity index (χ3n) is 3.85. The Morgan fingerprint density at radius 3 is 2.53 bits per heavy atom. The fourth-order valence-electron chi connectivity index (χ4n) is 2.56. The van der Waals surface area contributed by atoms with Gasteiger partial charge in [0.05, 0.1) is 4.34 Å². The first-order chi connectivity index (χ1) is 7.96. The summed E-state index contributed by atoms with van der Waals surface area (Å²) in [6, 6.07) is 5.24. The molecule has 1 aliphatic carbocycles. The predicted octanol–water partition coefficient (Wildman–Crippen LogP) is 5.02. The van der Waals surface area contributed by atoms with Gasteiger partial charge in [-0.1, -0.05) is 25.4 Å². The van der Waals surface area contributed by atoms with Crippen LogP contribution >= 0.6 is 22.9 Å². The van der Waals surface area contributed by atoms with Gasteiger partial charge in [-0.15, -0.1) is 11.3 Å². The second-order valence-electron chi connectivity index (χ2n) is 5.97. The summed E-state index contributed by atoms with van der Waals surface area (Å²) in [6.45, 7) is 7.00. The Morgan fingerprint density at radius 2 is 2.00 bits per heavy atom. The van der Waals surface area contributed by atoms with E-state index < -0.39 is 0 Å². The molecule has 1 N–H and O–H groups in total. The molecule has 1 heterocycles. The molecule has 96 valence electrons. The fraction of sp³-hybridized carbons (Fsp3) is 0.714. The summed E-state index contributed by atoms with van der Waals surface area (Å²) in [5.41, 5.74) is 0.549. The van der Waals surface area contributed by atoms with Gasteiger partial charge in [-0.25, -0.2) is 0 Å². The molecule has 1 aliphatic rings. The zero-order chi connectivity index (χ0) is 12.5. The van der Waals surface area contributed by atoms with Gasteiger partial charge in [0.15, 0.2) is 0 Å². The van der Waals surface area contributed by atoms with Crippen molar-refractivity contribution in [2.45, 2.75) is 58.5 Å². The first-order valence-corrected chi connectivity index (χ1v) is 7.67. The lowest BCUT2D eigenvalue weighted by Gasteiger charge is -2.35. The molecule has 1 saturated carbocycles. The third kappa shape index (κ3) is 3.70. The Bertz CT molecular complexity index is 362. The van der Waals surface area contributed by atoms with Crippen LogP contribution in [0.4, 0.5) is 0 Å². The highest BCUT2D eigenvalue weighted by Gasteiger charge is 2.27. The molecule has 1 unspecified atom stereocenters. The van der Waals surface area contributed by atoms with E-state index >= 15 is 0 Å². The molecule has 17 heavy (non-hydrogen) atoms. The summed E-state index contributed by atoms with van der Waals surface area (Å²) in [6.07, 6.45) is 5.28. The molecule has 1 fully saturated rings. The van der Waals surface area contributed by atoms with Crippen LogP contribution in [0.25, 0.3) is 0 Å². The Labute approximate surface area is 114 Å². The lowest BCUT2D eigenvalue weighted by atomic mass is 9.75. The van der Waals surface area contributed by atoms with E-state index in [0.29, 0.717) is 17.5 Å². The van der Waals surface area contributed by atoms with Gasteiger partial charge in [0, 0.05) is 17.0 Å². The van der Waals surface area contributed by atoms with E-state index in [1.54, 1.807) is 11.3 Å². The predicted molar refractivity (Wildman–Crippen MR) is 76.9 cm³/mol. The summed E-state index contributed by atoms with van der Waals surface area (Å²) >= 11 is 7.66. The topological polar surface area (TPSA) is 12.0 Å². The maximum Gasteiger partial charge on any atom is 0.0931 e. The number of hydrogen-bond acceptors (Lipinski definition) is 2. The van der Waals surface area contributed by atoms with Crippen LogP contribution in [0.2, 0.25) is 4.34 Å². The van der Waals surface area contributed by atoms with Crippen molar-refractivity contribution >= 4 is 22.9 Å². The van der Waals surface area contributed by atoms with Crippen molar-refractivity contribution in [3.8, 4) is 0 Å². The van der Waals surface area contributed by atoms with Crippen LogP contribution in [-0.2, 0) is 0 Å². The molecule has 0 saturated heterocycles. The van der Waals surface area contributed by atoms with E-state index in [1.807, 2.05) is 6.07 Å². The number of thiophene rings is 1. The second-order valence-corrected chi connectivity index (χ2v) is 7.72. The van der Waals surface area contributed by atoms with E-state index in [0.717, 1.165) is 4.34 Å². The molecular formula is C14H22ClNS. The first kappa shape index (κ1) is 13.4. The van der Waals surface area contributed by atoms with Gasteiger partial charge < -0.3 is 5.32 Å². The Balaban J connectivity index is 1.86. The molecular weight excluding hydrogens is 250 g/mol. The van der Waals surface area contributed by atoms with Gasteiger partial charge >= 0.3 is 0 Å². The lowest BCUT2D eigenvalue weighted by molar-refractivity contribution is 0.200. The highest BCUT2D eigenvalue weighted by atomic mass is 35.5. The second kappa shape index (κ2) is 5.29. The van der Waals surface area contributed by atoms with Crippen molar-refractivity contribution in [2.24, 2.45) is 5.41 Å². The SMILES string of the molecule is CC(NC1CCC(C)(C)CC1)c1ccc(Cl)s1. The summed E-state index contributed by atoms with van der Waals surface area (Å²) in [7, 11) is 0. The van der Waals surface area contributed by atoms with Crippen molar-refractivity contribution in [2.75, 3.05) is 0 Å². The van der Waals surface area contributed by atoms with Gasteiger partial charge in [0.25, 0.3) is 0 Å². The van der Waals surface area contributed by atoms with Crippen LogP contribution in [0.15, 0.2) is 12.1 Å². The summed E-state index contributed by atoms with van der Waals surface area (Å²) in [4.78, 5) is 1.35. The molecule has 0 spiro atoms. The van der Waals surface area contributed by atoms with Crippen LogP contribution in [0.1, 0.15) is 57.4 Å². The van der Waals surface area contributed by atoms with Crippen molar-refractivity contribution in [3.05, 3.63) is 21.3 Å². The Kier molecular flexibility index (Phi) is 4.17. The number of nitrogens with one attached hydrogen (secondary N) is 1. The summed E-state index contributed by atoms with van der Waals surface area (Å²) in [5.74, 6) is 0. The fourth-order valence-corrected chi connectivity index (χ4v) is 3.64. The van der Waals surface area contributed by atoms with E-state index in [9.17, 15) is 0 Å². The van der Waals surface area contributed by atoms with Crippen molar-refractivity contribution < 1.29 is 0 Å². The molecule has 0 radical (unpaired) electrons. The molecule has 1 nitrogen and oxygen atoms in total. The Morgan fingerprint density at radius 1 is 1.35 bits per heavy atom. The zero-order valence-corrected chi connectivity index (χ0v) is 12.5. The van der Waals surface area contributed by atoms with Gasteiger partial charge in [-0.3, -0.25) is 0 Å². The molecule has 1 aromatic heterocycles. The van der Waals surface area contributed by atoms with Gasteiger partial charge in [-0.05, 0) is 50.2 Å². The van der Waals surface area contributed by atoms with Gasteiger partial charge in [0.2, 0.25) is 0 Å². The maximum atomic E-state index is 5.98. The highest BCUT2D eigenvalue weighted by molar-refractivity contribution is 7.16. The molecule has 0 aromatic carbocycles. The molecule has 0 bridgehead atoms. The number of hydrogen-bond donors (Lipinski definition) is 1. The van der Waals surface area contributed by atoms with Crippen molar-refractivity contribution in [3.63, 3.8) is 0 Å². The van der Waals surface area contributed by atoms with Crippen molar-refractivity contribution in [1.29, 1.82) is 0 Å². The largest absolute Gasteiger partial charge is 0.307 e. The van der Waals surface area contributed by atoms with Crippen molar-refractivity contribution in [1.82, 2.24) is 5.32 Å². The third-order valence-corrected chi connectivity index (χ3v) is 5.26. The molecule has 1 atom stereocenters. The monoisotopic (exact) mass is 271 g/mol. The van der Waals surface area contributed by atoms with Gasteiger partial charge in [0.1, 0.15) is 0 Å². The van der Waals surface area contributed by atoms with Gasteiger partial charge in [-0.2, -0.15) is 0 Å². The quantitative estimate of drug-likeness (QED) is 0.814. The van der Waals surface area contributed by atoms with E-state index in [-0.39, 0.29) is 0 Å². The minimum atomic E-state index is 0.429. The first-order valence-electron chi connectivity index (χ1n) is 6.47. The number of halogens is 1. The standard InChI is InChI=1S/C14H22ClNS/c1-10(12-4-5-13(15)17-12)16-11-6-8-14(2,3)9-7-11/h4-5,10-11,16H,6-9H2,1-3H3. The zero-order valence-electron chi connectivity index (χ0n) is 10.9. The smallest absolute Gasteiger partial charge is 0.0931 e. The van der Waals surface area contributed by atoms with Crippen LogP contribution < -0.4 is 5.32 Å². The molecule has 3 heteroatoms. The molecule has 0 amide bonds. The van der Waals surface area contributed by atoms with Crippen LogP contribution in [0.5, 0.6) is 0 Å². The van der Waals surface area contributed by atoms with E-state index in [1.165, 1.54) is 30.6 Å². The molecule has 2 rings (SSSR count). The average Bonchev–Trinajstić information content (AvgIpc) is 2.68. The summed E-state index contributed by atoms with van der Waals surface area (Å²) in [5, 5.41) is 3.74. The minimum Gasteiger partial charge on any atom is -0.307 e. The molecule has 0 aliphatic heterocycles.